The van der Waals surface area contributed by atoms with Crippen molar-refractivity contribution in [1.82, 2.24) is 0 Å². The lowest BCUT2D eigenvalue weighted by atomic mass is 10.00. The van der Waals surface area contributed by atoms with Gasteiger partial charge in [-0.3, -0.25) is 0 Å². The lowest BCUT2D eigenvalue weighted by Gasteiger charge is -2.15. The summed E-state index contributed by atoms with van der Waals surface area (Å²) in [6.45, 7) is 3.91. The van der Waals surface area contributed by atoms with Gasteiger partial charge in [0.25, 0.3) is 0 Å². The van der Waals surface area contributed by atoms with Gasteiger partial charge in [-0.25, -0.2) is 0 Å². The van der Waals surface area contributed by atoms with E-state index < -0.39 is 11.2 Å². The molecule has 1 saturated carbocycles. The zero-order chi connectivity index (χ0) is 16.5. The van der Waals surface area contributed by atoms with Crippen molar-refractivity contribution in [2.24, 2.45) is 0 Å². The van der Waals surface area contributed by atoms with E-state index in [1.807, 2.05) is 0 Å². The van der Waals surface area contributed by atoms with Crippen molar-refractivity contribution in [2.45, 2.75) is 88.3 Å². The van der Waals surface area contributed by atoms with Gasteiger partial charge in [0.15, 0.2) is 0 Å². The third-order valence-electron chi connectivity index (χ3n) is 4.96. The maximum Gasteiger partial charge on any atom is 0.121 e. The summed E-state index contributed by atoms with van der Waals surface area (Å²) in [7, 11) is 0. The minimum Gasteiger partial charge on any atom is -0.382 e. The van der Waals surface area contributed by atoms with E-state index in [9.17, 15) is 10.2 Å². The van der Waals surface area contributed by atoms with E-state index in [0.717, 1.165) is 36.3 Å². The molecule has 1 rings (SSSR count). The Bertz CT molecular complexity index is 335. The lowest BCUT2D eigenvalue weighted by molar-refractivity contribution is 0.00714. The Kier molecular flexibility index (Phi) is 9.84. The summed E-state index contributed by atoms with van der Waals surface area (Å²) in [5.41, 5.74) is -1.35. The van der Waals surface area contributed by atoms with Crippen LogP contribution in [0.2, 0.25) is 0 Å². The maximum atomic E-state index is 10.6. The number of aliphatic hydroxyl groups is 2. The van der Waals surface area contributed by atoms with Crippen molar-refractivity contribution < 1.29 is 10.2 Å². The van der Waals surface area contributed by atoms with Crippen LogP contribution in [-0.4, -0.2) is 32.1 Å². The summed E-state index contributed by atoms with van der Waals surface area (Å²) in [5.74, 6) is 0. The van der Waals surface area contributed by atoms with Crippen LogP contribution < -0.4 is 0 Å². The zero-order valence-corrected chi connectivity index (χ0v) is 16.9. The van der Waals surface area contributed by atoms with Crippen LogP contribution in [0.25, 0.3) is 0 Å². The quantitative estimate of drug-likeness (QED) is 0.213. The van der Waals surface area contributed by atoms with Gasteiger partial charge in [-0.05, 0) is 31.3 Å². The fourth-order valence-corrected chi connectivity index (χ4v) is 4.08. The van der Waals surface area contributed by atoms with Crippen molar-refractivity contribution in [3.8, 4) is 0 Å². The van der Waals surface area contributed by atoms with E-state index in [1.54, 1.807) is 0 Å². The van der Waals surface area contributed by atoms with Gasteiger partial charge in [0.2, 0.25) is 0 Å². The summed E-state index contributed by atoms with van der Waals surface area (Å²) in [6.07, 6.45) is 12.9. The minimum atomic E-state index is -1.00. The molecule has 2 unspecified atom stereocenters. The zero-order valence-electron chi connectivity index (χ0n) is 13.8. The van der Waals surface area contributed by atoms with Crippen LogP contribution in [0.15, 0.2) is 12.2 Å². The highest BCUT2D eigenvalue weighted by atomic mass is 79.9. The van der Waals surface area contributed by atoms with Gasteiger partial charge >= 0.3 is 0 Å². The molecule has 22 heavy (non-hydrogen) atoms. The minimum absolute atomic E-state index is 0.653. The number of hydrogen-bond donors (Lipinski definition) is 2. The van der Waals surface area contributed by atoms with Gasteiger partial charge in [-0.15, -0.1) is 0 Å². The second-order valence-electron chi connectivity index (χ2n) is 6.61. The number of alkyl halides is 2. The van der Waals surface area contributed by atoms with Crippen LogP contribution in [-0.2, 0) is 0 Å². The third kappa shape index (κ3) is 5.61. The average molecular weight is 440 g/mol. The monoisotopic (exact) mass is 438 g/mol. The molecule has 2 N–H and O–H groups in total. The van der Waals surface area contributed by atoms with Crippen molar-refractivity contribution in [3.63, 3.8) is 0 Å². The van der Waals surface area contributed by atoms with Gasteiger partial charge in [0.05, 0.1) is 0 Å². The Labute approximate surface area is 153 Å². The first-order valence-electron chi connectivity index (χ1n) is 8.79. The molecule has 2 nitrogen and oxygen atoms in total. The predicted octanol–water partition coefficient (Wildman–Crippen LogP) is 5.49. The number of hydrogen-bond acceptors (Lipinski definition) is 2. The van der Waals surface area contributed by atoms with E-state index in [2.05, 4.69) is 38.4 Å². The standard InChI is InChI=1S/C18H32Br2O2/c1-16-17(21,12-8-4-2-3-6-10-14-19)18(16,22)13-9-5-7-11-15-20/h21-22H,1-15H2. The summed E-state index contributed by atoms with van der Waals surface area (Å²) in [5, 5.41) is 23.3. The molecule has 0 spiro atoms. The van der Waals surface area contributed by atoms with Gasteiger partial charge in [0.1, 0.15) is 11.2 Å². The van der Waals surface area contributed by atoms with Crippen molar-refractivity contribution in [1.29, 1.82) is 0 Å². The van der Waals surface area contributed by atoms with Gasteiger partial charge in [-0.1, -0.05) is 89.8 Å². The molecule has 0 aliphatic heterocycles. The number of unbranched alkanes of at least 4 members (excludes halogenated alkanes) is 8. The van der Waals surface area contributed by atoms with Crippen LogP contribution in [0.5, 0.6) is 0 Å². The van der Waals surface area contributed by atoms with Crippen molar-refractivity contribution >= 4 is 31.9 Å². The first-order valence-corrected chi connectivity index (χ1v) is 11.0. The van der Waals surface area contributed by atoms with Crippen molar-refractivity contribution in [2.75, 3.05) is 10.7 Å². The van der Waals surface area contributed by atoms with Gasteiger partial charge in [0, 0.05) is 10.7 Å². The van der Waals surface area contributed by atoms with Crippen LogP contribution in [0.1, 0.15) is 77.0 Å². The van der Waals surface area contributed by atoms with E-state index >= 15 is 0 Å². The fraction of sp³-hybridized carbons (Fsp3) is 0.889. The van der Waals surface area contributed by atoms with E-state index in [0.29, 0.717) is 18.4 Å². The molecule has 1 aliphatic carbocycles. The molecule has 0 aromatic rings. The Morgan fingerprint density at radius 1 is 0.636 bits per heavy atom. The molecule has 130 valence electrons. The second kappa shape index (κ2) is 10.5. The first-order chi connectivity index (χ1) is 10.5. The molecule has 4 heteroatoms. The SMILES string of the molecule is C=C1C(O)(CCCCCCBr)C1(O)CCCCCCCCBr. The molecule has 0 amide bonds. The molecule has 0 aromatic carbocycles. The molecule has 2 atom stereocenters. The summed E-state index contributed by atoms with van der Waals surface area (Å²) < 4.78 is 0. The predicted molar refractivity (Wildman–Crippen MR) is 102 cm³/mol. The van der Waals surface area contributed by atoms with Crippen LogP contribution in [0.3, 0.4) is 0 Å². The van der Waals surface area contributed by atoms with Crippen molar-refractivity contribution in [3.05, 3.63) is 12.2 Å². The Morgan fingerprint density at radius 2 is 0.955 bits per heavy atom. The number of rotatable bonds is 14. The molecule has 0 bridgehead atoms. The summed E-state index contributed by atoms with van der Waals surface area (Å²) >= 11 is 6.88. The normalized spacial score (nSPS) is 27.4. The van der Waals surface area contributed by atoms with Crippen LogP contribution >= 0.6 is 31.9 Å². The molecule has 1 fully saturated rings. The Morgan fingerprint density at radius 3 is 1.32 bits per heavy atom. The number of halogens is 2. The smallest absolute Gasteiger partial charge is 0.121 e. The molecule has 0 aromatic heterocycles. The molecule has 0 saturated heterocycles. The van der Waals surface area contributed by atoms with Crippen LogP contribution in [0.4, 0.5) is 0 Å². The topological polar surface area (TPSA) is 40.5 Å². The third-order valence-corrected chi connectivity index (χ3v) is 6.09. The van der Waals surface area contributed by atoms with E-state index in [1.165, 1.54) is 38.5 Å². The van der Waals surface area contributed by atoms with Gasteiger partial charge in [-0.2, -0.15) is 0 Å². The average Bonchev–Trinajstić information content (AvgIpc) is 2.92. The second-order valence-corrected chi connectivity index (χ2v) is 8.20. The van der Waals surface area contributed by atoms with Gasteiger partial charge < -0.3 is 10.2 Å². The maximum absolute atomic E-state index is 10.6. The highest BCUT2D eigenvalue weighted by Gasteiger charge is 2.69. The van der Waals surface area contributed by atoms with Crippen LogP contribution in [0, 0.1) is 0 Å². The Hall–Kier alpha value is 0.620. The molecule has 0 heterocycles. The highest BCUT2D eigenvalue weighted by molar-refractivity contribution is 9.09. The molecular weight excluding hydrogens is 408 g/mol. The van der Waals surface area contributed by atoms with E-state index in [4.69, 9.17) is 0 Å². The summed E-state index contributed by atoms with van der Waals surface area (Å²) in [6, 6.07) is 0. The fourth-order valence-electron chi connectivity index (χ4n) is 3.29. The largest absolute Gasteiger partial charge is 0.382 e. The molecule has 1 aliphatic rings. The summed E-state index contributed by atoms with van der Waals surface area (Å²) in [4.78, 5) is 0. The Balaban J connectivity index is 2.15. The highest BCUT2D eigenvalue weighted by Crippen LogP contribution is 2.58. The first kappa shape index (κ1) is 20.7. The molecule has 0 radical (unpaired) electrons. The molecular formula is C18H32Br2O2. The lowest BCUT2D eigenvalue weighted by Crippen LogP contribution is -2.25. The van der Waals surface area contributed by atoms with E-state index in [-0.39, 0.29) is 0 Å².